The lowest BCUT2D eigenvalue weighted by Gasteiger charge is -2.03. The summed E-state index contributed by atoms with van der Waals surface area (Å²) in [5.74, 6) is -0.0255. The smallest absolute Gasteiger partial charge is 0.247 e. The number of rotatable bonds is 4. The highest BCUT2D eigenvalue weighted by Gasteiger charge is 2.19. The lowest BCUT2D eigenvalue weighted by molar-refractivity contribution is -0.117. The second kappa shape index (κ2) is 6.02. The SMILES string of the molecule is O=C(NCc1csc(-c2cnccn2)n1)C1=Cc2sccc2C1. The molecule has 114 valence electrons. The number of carbonyl (C=O) groups excluding carboxylic acids is 1. The van der Waals surface area contributed by atoms with Crippen molar-refractivity contribution >= 4 is 34.7 Å². The Balaban J connectivity index is 1.39. The molecule has 1 amide bonds. The van der Waals surface area contributed by atoms with Gasteiger partial charge >= 0.3 is 0 Å². The van der Waals surface area contributed by atoms with Crippen molar-refractivity contribution in [3.05, 3.63) is 57.1 Å². The maximum atomic E-state index is 12.2. The van der Waals surface area contributed by atoms with Gasteiger partial charge in [0, 0.05) is 34.6 Å². The van der Waals surface area contributed by atoms with E-state index in [0.717, 1.165) is 22.0 Å². The van der Waals surface area contributed by atoms with E-state index in [1.54, 1.807) is 29.9 Å². The quantitative estimate of drug-likeness (QED) is 0.793. The number of hydrogen-bond donors (Lipinski definition) is 1. The van der Waals surface area contributed by atoms with Gasteiger partial charge in [-0.3, -0.25) is 14.8 Å². The van der Waals surface area contributed by atoms with Gasteiger partial charge < -0.3 is 5.32 Å². The molecule has 1 aliphatic rings. The minimum Gasteiger partial charge on any atom is -0.347 e. The highest BCUT2D eigenvalue weighted by molar-refractivity contribution is 7.13. The summed E-state index contributed by atoms with van der Waals surface area (Å²) in [6, 6.07) is 2.07. The number of fused-ring (bicyclic) bond motifs is 1. The Kier molecular flexibility index (Phi) is 3.72. The minimum atomic E-state index is -0.0255. The number of hydrogen-bond acceptors (Lipinski definition) is 6. The van der Waals surface area contributed by atoms with Gasteiger partial charge in [0.25, 0.3) is 0 Å². The van der Waals surface area contributed by atoms with Crippen molar-refractivity contribution in [2.24, 2.45) is 0 Å². The van der Waals surface area contributed by atoms with Crippen LogP contribution in [0.2, 0.25) is 0 Å². The van der Waals surface area contributed by atoms with E-state index in [-0.39, 0.29) is 5.91 Å². The molecule has 0 spiro atoms. The van der Waals surface area contributed by atoms with Gasteiger partial charge in [0.2, 0.25) is 5.91 Å². The van der Waals surface area contributed by atoms with Crippen LogP contribution in [0.25, 0.3) is 16.8 Å². The molecule has 0 atom stereocenters. The van der Waals surface area contributed by atoms with Crippen LogP contribution in [-0.2, 0) is 17.8 Å². The Hall–Kier alpha value is -2.38. The summed E-state index contributed by atoms with van der Waals surface area (Å²) in [5.41, 5.74) is 3.63. The Morgan fingerprint density at radius 2 is 2.26 bits per heavy atom. The van der Waals surface area contributed by atoms with Gasteiger partial charge in [-0.05, 0) is 23.1 Å². The predicted octanol–water partition coefficient (Wildman–Crippen LogP) is 2.92. The van der Waals surface area contributed by atoms with Crippen LogP contribution >= 0.6 is 22.7 Å². The summed E-state index contributed by atoms with van der Waals surface area (Å²) in [5, 5.41) is 7.74. The van der Waals surface area contributed by atoms with Crippen LogP contribution in [0.4, 0.5) is 0 Å². The molecule has 1 N–H and O–H groups in total. The maximum absolute atomic E-state index is 12.2. The topological polar surface area (TPSA) is 67.8 Å². The van der Waals surface area contributed by atoms with Crippen molar-refractivity contribution in [3.8, 4) is 10.7 Å². The summed E-state index contributed by atoms with van der Waals surface area (Å²) < 4.78 is 0. The average Bonchev–Trinajstić information content (AvgIpc) is 3.29. The van der Waals surface area contributed by atoms with Crippen molar-refractivity contribution in [2.75, 3.05) is 0 Å². The summed E-state index contributed by atoms with van der Waals surface area (Å²) in [4.78, 5) is 26.2. The van der Waals surface area contributed by atoms with E-state index in [4.69, 9.17) is 0 Å². The largest absolute Gasteiger partial charge is 0.347 e. The van der Waals surface area contributed by atoms with Gasteiger partial charge in [-0.15, -0.1) is 22.7 Å². The van der Waals surface area contributed by atoms with Gasteiger partial charge in [0.05, 0.1) is 18.4 Å². The third-order valence-electron chi connectivity index (χ3n) is 3.52. The molecule has 0 radical (unpaired) electrons. The maximum Gasteiger partial charge on any atom is 0.247 e. The molecule has 0 bridgehead atoms. The first-order valence-electron chi connectivity index (χ1n) is 7.05. The van der Waals surface area contributed by atoms with Crippen molar-refractivity contribution in [3.63, 3.8) is 0 Å². The van der Waals surface area contributed by atoms with E-state index in [1.165, 1.54) is 21.8 Å². The molecule has 1 aliphatic carbocycles. The number of thiazole rings is 1. The highest BCUT2D eigenvalue weighted by atomic mass is 32.1. The highest BCUT2D eigenvalue weighted by Crippen LogP contribution is 2.29. The molecule has 0 unspecified atom stereocenters. The first-order chi connectivity index (χ1) is 11.3. The first-order valence-corrected chi connectivity index (χ1v) is 8.81. The van der Waals surface area contributed by atoms with E-state index in [1.807, 2.05) is 11.5 Å². The molecule has 7 heteroatoms. The second-order valence-corrected chi connectivity index (χ2v) is 6.88. The number of thiophene rings is 1. The van der Waals surface area contributed by atoms with Crippen LogP contribution in [0.1, 0.15) is 16.1 Å². The molecule has 3 heterocycles. The average molecular weight is 340 g/mol. The summed E-state index contributed by atoms with van der Waals surface area (Å²) in [7, 11) is 0. The van der Waals surface area contributed by atoms with Crippen LogP contribution < -0.4 is 5.32 Å². The Morgan fingerprint density at radius 1 is 1.30 bits per heavy atom. The number of nitrogens with one attached hydrogen (secondary N) is 1. The summed E-state index contributed by atoms with van der Waals surface area (Å²) in [6.45, 7) is 0.417. The number of carbonyl (C=O) groups is 1. The fourth-order valence-electron chi connectivity index (χ4n) is 2.38. The summed E-state index contributed by atoms with van der Waals surface area (Å²) >= 11 is 3.17. The fraction of sp³-hybridized carbons (Fsp3) is 0.125. The molecule has 3 aromatic rings. The predicted molar refractivity (Wildman–Crippen MR) is 91.0 cm³/mol. The van der Waals surface area contributed by atoms with Crippen molar-refractivity contribution < 1.29 is 4.79 Å². The Morgan fingerprint density at radius 3 is 3.09 bits per heavy atom. The van der Waals surface area contributed by atoms with Gasteiger partial charge in [-0.25, -0.2) is 4.98 Å². The monoisotopic (exact) mass is 340 g/mol. The van der Waals surface area contributed by atoms with E-state index in [0.29, 0.717) is 13.0 Å². The van der Waals surface area contributed by atoms with Crippen LogP contribution in [0.5, 0.6) is 0 Å². The van der Waals surface area contributed by atoms with E-state index in [9.17, 15) is 4.79 Å². The molecule has 3 aromatic heterocycles. The van der Waals surface area contributed by atoms with Crippen LogP contribution in [0.3, 0.4) is 0 Å². The molecule has 0 saturated carbocycles. The zero-order chi connectivity index (χ0) is 15.6. The first kappa shape index (κ1) is 14.2. The number of amides is 1. The van der Waals surface area contributed by atoms with E-state index < -0.39 is 0 Å². The Bertz CT molecular complexity index is 882. The number of aromatic nitrogens is 3. The van der Waals surface area contributed by atoms with Crippen LogP contribution in [0, 0.1) is 0 Å². The minimum absolute atomic E-state index is 0.0255. The second-order valence-electron chi connectivity index (χ2n) is 5.07. The molecular weight excluding hydrogens is 328 g/mol. The summed E-state index contributed by atoms with van der Waals surface area (Å²) in [6.07, 6.45) is 7.65. The Labute approximate surface area is 140 Å². The third-order valence-corrected chi connectivity index (χ3v) is 5.34. The molecule has 0 fully saturated rings. The lowest BCUT2D eigenvalue weighted by atomic mass is 10.2. The molecule has 23 heavy (non-hydrogen) atoms. The van der Waals surface area contributed by atoms with E-state index >= 15 is 0 Å². The fourth-order valence-corrected chi connectivity index (χ4v) is 4.04. The third kappa shape index (κ3) is 2.93. The van der Waals surface area contributed by atoms with Crippen LogP contribution in [0.15, 0.2) is 41.0 Å². The van der Waals surface area contributed by atoms with Gasteiger partial charge in [-0.2, -0.15) is 0 Å². The van der Waals surface area contributed by atoms with Gasteiger partial charge in [0.15, 0.2) is 0 Å². The standard InChI is InChI=1S/C16H12N4OS2/c21-15(11-5-10-1-4-22-14(10)6-11)19-7-12-9-23-16(20-12)13-8-17-2-3-18-13/h1-4,6,8-9H,5,7H2,(H,19,21). The van der Waals surface area contributed by atoms with E-state index in [2.05, 4.69) is 31.7 Å². The van der Waals surface area contributed by atoms with Gasteiger partial charge in [-0.1, -0.05) is 0 Å². The zero-order valence-corrected chi connectivity index (χ0v) is 13.7. The van der Waals surface area contributed by atoms with Crippen molar-refractivity contribution in [2.45, 2.75) is 13.0 Å². The molecule has 0 saturated heterocycles. The number of nitrogens with zero attached hydrogens (tertiary/aromatic N) is 3. The zero-order valence-electron chi connectivity index (χ0n) is 12.0. The van der Waals surface area contributed by atoms with Crippen molar-refractivity contribution in [1.82, 2.24) is 20.3 Å². The van der Waals surface area contributed by atoms with Gasteiger partial charge in [0.1, 0.15) is 10.7 Å². The molecular formula is C16H12N4OS2. The molecule has 0 aromatic carbocycles. The van der Waals surface area contributed by atoms with Crippen molar-refractivity contribution in [1.29, 1.82) is 0 Å². The molecule has 0 aliphatic heterocycles. The van der Waals surface area contributed by atoms with Crippen LogP contribution in [-0.4, -0.2) is 20.9 Å². The molecule has 4 rings (SSSR count). The lowest BCUT2D eigenvalue weighted by Crippen LogP contribution is -2.24. The molecule has 5 nitrogen and oxygen atoms in total. The normalized spacial score (nSPS) is 12.8.